The van der Waals surface area contributed by atoms with Crippen LogP contribution in [-0.4, -0.2) is 34.4 Å². The number of aliphatic carboxylic acids is 2. The normalized spacial score (nSPS) is 24.7. The fraction of sp³-hybridized carbons (Fsp3) is 0.379. The molecule has 0 aromatic heterocycles. The number of ether oxygens (including phenoxy) is 1. The largest absolute Gasteiger partial charge is 0.480 e. The van der Waals surface area contributed by atoms with Gasteiger partial charge in [-0.2, -0.15) is 0 Å². The number of fused-ring (bicyclic) bond motifs is 1. The summed E-state index contributed by atoms with van der Waals surface area (Å²) < 4.78 is 5.65. The lowest BCUT2D eigenvalue weighted by atomic mass is 9.62. The van der Waals surface area contributed by atoms with Crippen molar-refractivity contribution in [3.05, 3.63) is 89.0 Å². The third-order valence-corrected chi connectivity index (χ3v) is 7.43. The highest BCUT2D eigenvalue weighted by atomic mass is 16.5. The zero-order valence-electron chi connectivity index (χ0n) is 20.2. The minimum atomic E-state index is -1.82. The second kappa shape index (κ2) is 8.55. The molecule has 5 nitrogen and oxygen atoms in total. The Bertz CT molecular complexity index is 1170. The summed E-state index contributed by atoms with van der Waals surface area (Å²) in [7, 11) is 0. The predicted octanol–water partition coefficient (Wildman–Crippen LogP) is 5.70. The van der Waals surface area contributed by atoms with Gasteiger partial charge in [-0.3, -0.25) is 0 Å². The zero-order chi connectivity index (χ0) is 24.7. The molecule has 0 bridgehead atoms. The van der Waals surface area contributed by atoms with Gasteiger partial charge in [0.2, 0.25) is 0 Å². The lowest BCUT2D eigenvalue weighted by molar-refractivity contribution is -0.166. The molecule has 2 atom stereocenters. The van der Waals surface area contributed by atoms with E-state index in [1.165, 1.54) is 17.2 Å². The van der Waals surface area contributed by atoms with Gasteiger partial charge in [0.05, 0.1) is 0 Å². The predicted molar refractivity (Wildman–Crippen MR) is 132 cm³/mol. The van der Waals surface area contributed by atoms with Crippen LogP contribution in [0.1, 0.15) is 68.7 Å². The first-order valence-electron chi connectivity index (χ1n) is 11.7. The van der Waals surface area contributed by atoms with Crippen LogP contribution < -0.4 is 0 Å². The third-order valence-electron chi connectivity index (χ3n) is 7.43. The Morgan fingerprint density at radius 3 is 2.21 bits per heavy atom. The summed E-state index contributed by atoms with van der Waals surface area (Å²) in [5.41, 5.74) is 3.28. The maximum absolute atomic E-state index is 12.6. The van der Waals surface area contributed by atoms with Crippen molar-refractivity contribution in [3.8, 4) is 0 Å². The van der Waals surface area contributed by atoms with E-state index in [0.717, 1.165) is 29.5 Å². The third kappa shape index (κ3) is 4.21. The van der Waals surface area contributed by atoms with Gasteiger partial charge in [0, 0.05) is 5.92 Å². The number of carboxylic acids is 2. The fourth-order valence-corrected chi connectivity index (χ4v) is 5.23. The number of carbonyl (C=O) groups is 2. The number of hydrogen-bond donors (Lipinski definition) is 2. The van der Waals surface area contributed by atoms with Crippen LogP contribution in [0.5, 0.6) is 0 Å². The Morgan fingerprint density at radius 1 is 0.941 bits per heavy atom. The van der Waals surface area contributed by atoms with Crippen molar-refractivity contribution in [2.45, 2.75) is 62.9 Å². The van der Waals surface area contributed by atoms with E-state index in [4.69, 9.17) is 4.74 Å². The first-order chi connectivity index (χ1) is 16.0. The van der Waals surface area contributed by atoms with Crippen molar-refractivity contribution in [1.82, 2.24) is 0 Å². The topological polar surface area (TPSA) is 83.8 Å². The van der Waals surface area contributed by atoms with Crippen molar-refractivity contribution in [2.24, 2.45) is 0 Å². The average Bonchev–Trinajstić information content (AvgIpc) is 2.81. The summed E-state index contributed by atoms with van der Waals surface area (Å²) in [4.78, 5) is 24.0. The number of benzene rings is 2. The van der Waals surface area contributed by atoms with Crippen molar-refractivity contribution in [1.29, 1.82) is 0 Å². The number of carboxylic acid groups (broad SMARTS) is 2. The molecule has 0 saturated heterocycles. The van der Waals surface area contributed by atoms with Gasteiger partial charge in [0.15, 0.2) is 5.60 Å². The molecule has 2 aromatic rings. The van der Waals surface area contributed by atoms with E-state index in [1.54, 1.807) is 6.08 Å². The number of hydrogen-bond acceptors (Lipinski definition) is 3. The van der Waals surface area contributed by atoms with Crippen LogP contribution in [0.2, 0.25) is 0 Å². The van der Waals surface area contributed by atoms with Gasteiger partial charge in [-0.1, -0.05) is 88.4 Å². The molecule has 2 aromatic carbocycles. The molecule has 2 N–H and O–H groups in total. The van der Waals surface area contributed by atoms with Gasteiger partial charge in [0.1, 0.15) is 6.61 Å². The van der Waals surface area contributed by atoms with Crippen LogP contribution in [-0.2, 0) is 25.2 Å². The first-order valence-corrected chi connectivity index (χ1v) is 11.7. The maximum Gasteiger partial charge on any atom is 0.341 e. The molecule has 0 fully saturated rings. The molecular formula is C29H32O5. The van der Waals surface area contributed by atoms with Gasteiger partial charge < -0.3 is 14.9 Å². The lowest BCUT2D eigenvalue weighted by Crippen LogP contribution is -2.47. The average molecular weight is 461 g/mol. The first kappa shape index (κ1) is 24.0. The molecule has 5 heteroatoms. The quantitative estimate of drug-likeness (QED) is 0.578. The van der Waals surface area contributed by atoms with Gasteiger partial charge in [-0.05, 0) is 57.6 Å². The molecule has 0 aliphatic heterocycles. The van der Waals surface area contributed by atoms with Crippen LogP contribution in [0.15, 0.2) is 66.8 Å². The summed E-state index contributed by atoms with van der Waals surface area (Å²) in [6, 6.07) is 15.9. The molecule has 34 heavy (non-hydrogen) atoms. The van der Waals surface area contributed by atoms with E-state index in [1.807, 2.05) is 42.5 Å². The Morgan fingerprint density at radius 2 is 1.59 bits per heavy atom. The summed E-state index contributed by atoms with van der Waals surface area (Å²) >= 11 is 0. The van der Waals surface area contributed by atoms with Gasteiger partial charge in [-0.25, -0.2) is 9.59 Å². The molecule has 0 radical (unpaired) electrons. The second-order valence-electron chi connectivity index (χ2n) is 10.7. The van der Waals surface area contributed by atoms with E-state index in [-0.39, 0.29) is 10.8 Å². The molecule has 0 heterocycles. The van der Waals surface area contributed by atoms with E-state index < -0.39 is 30.1 Å². The molecule has 178 valence electrons. The molecule has 4 rings (SSSR count). The minimum Gasteiger partial charge on any atom is -0.480 e. The zero-order valence-corrected chi connectivity index (χ0v) is 20.2. The van der Waals surface area contributed by atoms with E-state index in [9.17, 15) is 19.8 Å². The summed E-state index contributed by atoms with van der Waals surface area (Å²) in [5.74, 6) is -3.12. The van der Waals surface area contributed by atoms with Crippen LogP contribution in [0, 0.1) is 0 Å². The second-order valence-corrected chi connectivity index (χ2v) is 10.7. The minimum absolute atomic E-state index is 0.0323. The number of allylic oxidation sites excluding steroid dienone is 2. The van der Waals surface area contributed by atoms with Crippen molar-refractivity contribution in [2.75, 3.05) is 6.61 Å². The van der Waals surface area contributed by atoms with E-state index >= 15 is 0 Å². The highest BCUT2D eigenvalue weighted by Crippen LogP contribution is 2.48. The molecule has 0 saturated carbocycles. The highest BCUT2D eigenvalue weighted by molar-refractivity contribution is 5.88. The standard InChI is InChI=1S/C29H32O5/c1-27(2)14-15-28(3,4)24-17-21(10-11-22(24)27)23-16-20(19-8-6-5-7-9-19)12-13-29(23,26(32)33)34-18-25(30)31/h5-13,16-17,23H,14-15,18H2,1-4H3,(H,30,31)(H,32,33). The van der Waals surface area contributed by atoms with Crippen molar-refractivity contribution < 1.29 is 24.5 Å². The van der Waals surface area contributed by atoms with E-state index in [2.05, 4.69) is 39.8 Å². The molecule has 2 aliphatic carbocycles. The van der Waals surface area contributed by atoms with Gasteiger partial charge >= 0.3 is 11.9 Å². The van der Waals surface area contributed by atoms with Crippen LogP contribution in [0.3, 0.4) is 0 Å². The van der Waals surface area contributed by atoms with Gasteiger partial charge in [-0.15, -0.1) is 0 Å². The maximum atomic E-state index is 12.6. The lowest BCUT2D eigenvalue weighted by Gasteiger charge is -2.43. The Kier molecular flexibility index (Phi) is 6.03. The van der Waals surface area contributed by atoms with Gasteiger partial charge in [0.25, 0.3) is 0 Å². The molecule has 2 unspecified atom stereocenters. The summed E-state index contributed by atoms with van der Waals surface area (Å²) in [5, 5.41) is 19.6. The molecule has 0 amide bonds. The van der Waals surface area contributed by atoms with Crippen LogP contribution in [0.25, 0.3) is 5.57 Å². The van der Waals surface area contributed by atoms with Crippen LogP contribution in [0.4, 0.5) is 0 Å². The molecular weight excluding hydrogens is 428 g/mol. The monoisotopic (exact) mass is 460 g/mol. The molecule has 0 spiro atoms. The Balaban J connectivity index is 1.90. The van der Waals surface area contributed by atoms with Crippen LogP contribution >= 0.6 is 0 Å². The Hall–Kier alpha value is -3.18. The fourth-order valence-electron chi connectivity index (χ4n) is 5.23. The Labute approximate surface area is 200 Å². The van der Waals surface area contributed by atoms with E-state index in [0.29, 0.717) is 0 Å². The molecule has 2 aliphatic rings. The SMILES string of the molecule is CC1(C)CCC(C)(C)c2cc(C3C=C(c4ccccc4)C=CC3(OCC(=O)O)C(=O)O)ccc21. The number of rotatable bonds is 6. The van der Waals surface area contributed by atoms with Crippen molar-refractivity contribution in [3.63, 3.8) is 0 Å². The summed E-state index contributed by atoms with van der Waals surface area (Å²) in [6.45, 7) is 8.24. The summed E-state index contributed by atoms with van der Waals surface area (Å²) in [6.07, 6.45) is 7.23. The van der Waals surface area contributed by atoms with Crippen molar-refractivity contribution >= 4 is 17.5 Å². The highest BCUT2D eigenvalue weighted by Gasteiger charge is 2.48. The smallest absolute Gasteiger partial charge is 0.341 e.